The van der Waals surface area contributed by atoms with Crippen molar-refractivity contribution in [2.24, 2.45) is 0 Å². The van der Waals surface area contributed by atoms with Crippen LogP contribution in [0.3, 0.4) is 0 Å². The minimum Gasteiger partial charge on any atom is -0.261 e. The predicted molar refractivity (Wildman–Crippen MR) is 84.4 cm³/mol. The molecule has 1 aliphatic rings. The average Bonchev–Trinajstić information content (AvgIpc) is 2.53. The van der Waals surface area contributed by atoms with Gasteiger partial charge in [-0.05, 0) is 55.0 Å². The molecule has 0 spiro atoms. The minimum absolute atomic E-state index is 0.533. The molecule has 112 valence electrons. The number of nitrogens with zero attached hydrogens (tertiary/aromatic N) is 1. The molecule has 22 heavy (non-hydrogen) atoms. The van der Waals surface area contributed by atoms with Crippen molar-refractivity contribution in [2.75, 3.05) is 0 Å². The molecule has 2 aromatic rings. The number of rotatable bonds is 4. The summed E-state index contributed by atoms with van der Waals surface area (Å²) in [6.07, 6.45) is 11.6. The van der Waals surface area contributed by atoms with Crippen LogP contribution in [0.1, 0.15) is 29.7 Å². The van der Waals surface area contributed by atoms with Crippen molar-refractivity contribution in [3.05, 3.63) is 83.2 Å². The zero-order valence-electron chi connectivity index (χ0n) is 12.2. The normalized spacial score (nSPS) is 14.0. The maximum atomic E-state index is 13.3. The van der Waals surface area contributed by atoms with E-state index >= 15 is 0 Å². The molecule has 0 unspecified atom stereocenters. The van der Waals surface area contributed by atoms with E-state index in [1.807, 2.05) is 6.07 Å². The Morgan fingerprint density at radius 2 is 1.82 bits per heavy atom. The SMILES string of the molecule is Fc1cc(F)cc(CCc2ncccc2C2=CCCC=C2)c1. The van der Waals surface area contributed by atoms with Crippen molar-refractivity contribution >= 4 is 5.57 Å². The highest BCUT2D eigenvalue weighted by atomic mass is 19.1. The number of aryl methyl sites for hydroxylation is 2. The van der Waals surface area contributed by atoms with E-state index in [9.17, 15) is 8.78 Å². The first-order valence-electron chi connectivity index (χ1n) is 7.48. The van der Waals surface area contributed by atoms with Crippen LogP contribution in [0.15, 0.2) is 54.8 Å². The summed E-state index contributed by atoms with van der Waals surface area (Å²) in [6.45, 7) is 0. The molecule has 3 heteroatoms. The van der Waals surface area contributed by atoms with E-state index < -0.39 is 11.6 Å². The first kappa shape index (κ1) is 14.6. The average molecular weight is 297 g/mol. The Labute approximate surface area is 129 Å². The lowest BCUT2D eigenvalue weighted by Crippen LogP contribution is -2.01. The van der Waals surface area contributed by atoms with Crippen LogP contribution < -0.4 is 0 Å². The number of halogens is 2. The molecular weight excluding hydrogens is 280 g/mol. The van der Waals surface area contributed by atoms with E-state index in [4.69, 9.17) is 0 Å². The Hall–Kier alpha value is -2.29. The maximum absolute atomic E-state index is 13.3. The van der Waals surface area contributed by atoms with Gasteiger partial charge in [-0.3, -0.25) is 4.98 Å². The second-order valence-corrected chi connectivity index (χ2v) is 5.41. The molecule has 1 heterocycles. The van der Waals surface area contributed by atoms with Crippen molar-refractivity contribution in [1.29, 1.82) is 0 Å². The monoisotopic (exact) mass is 297 g/mol. The summed E-state index contributed by atoms with van der Waals surface area (Å²) >= 11 is 0. The summed E-state index contributed by atoms with van der Waals surface area (Å²) in [5, 5.41) is 0. The van der Waals surface area contributed by atoms with Gasteiger partial charge in [-0.2, -0.15) is 0 Å². The van der Waals surface area contributed by atoms with E-state index in [-0.39, 0.29) is 0 Å². The molecule has 0 bridgehead atoms. The Balaban J connectivity index is 1.81. The van der Waals surface area contributed by atoms with E-state index in [0.29, 0.717) is 18.4 Å². The Morgan fingerprint density at radius 1 is 1.00 bits per heavy atom. The summed E-state index contributed by atoms with van der Waals surface area (Å²) < 4.78 is 26.5. The number of allylic oxidation sites excluding steroid dienone is 4. The molecule has 0 saturated carbocycles. The molecule has 0 N–H and O–H groups in total. The first-order valence-corrected chi connectivity index (χ1v) is 7.48. The van der Waals surface area contributed by atoms with Gasteiger partial charge in [0, 0.05) is 23.5 Å². The topological polar surface area (TPSA) is 12.9 Å². The van der Waals surface area contributed by atoms with E-state index in [1.165, 1.54) is 17.7 Å². The van der Waals surface area contributed by atoms with Gasteiger partial charge in [-0.15, -0.1) is 0 Å². The van der Waals surface area contributed by atoms with Crippen molar-refractivity contribution < 1.29 is 8.78 Å². The second-order valence-electron chi connectivity index (χ2n) is 5.41. The molecule has 0 aliphatic heterocycles. The lowest BCUT2D eigenvalue weighted by molar-refractivity contribution is 0.579. The Kier molecular flexibility index (Phi) is 4.42. The zero-order valence-corrected chi connectivity index (χ0v) is 12.2. The van der Waals surface area contributed by atoms with E-state index in [2.05, 4.69) is 29.3 Å². The van der Waals surface area contributed by atoms with Crippen LogP contribution in [0.5, 0.6) is 0 Å². The van der Waals surface area contributed by atoms with E-state index in [1.54, 1.807) is 6.20 Å². The number of aromatic nitrogens is 1. The summed E-state index contributed by atoms with van der Waals surface area (Å²) in [4.78, 5) is 4.45. The molecule has 0 fully saturated rings. The molecular formula is C19H17F2N. The standard InChI is InChI=1S/C19H17F2N/c20-16-11-14(12-17(21)13-16)8-9-19-18(7-4-10-22-19)15-5-2-1-3-6-15/h2,4-7,10-13H,1,3,8-9H2. The molecule has 3 rings (SSSR count). The number of hydrogen-bond acceptors (Lipinski definition) is 1. The fourth-order valence-corrected chi connectivity index (χ4v) is 2.73. The Bertz CT molecular complexity index is 712. The largest absolute Gasteiger partial charge is 0.261 e. The van der Waals surface area contributed by atoms with Crippen LogP contribution in [0, 0.1) is 11.6 Å². The third kappa shape index (κ3) is 3.48. The summed E-state index contributed by atoms with van der Waals surface area (Å²) in [7, 11) is 0. The fraction of sp³-hybridized carbons (Fsp3) is 0.211. The van der Waals surface area contributed by atoms with Crippen molar-refractivity contribution in [2.45, 2.75) is 25.7 Å². The lowest BCUT2D eigenvalue weighted by atomic mass is 9.96. The third-order valence-corrected chi connectivity index (χ3v) is 3.77. The van der Waals surface area contributed by atoms with E-state index in [0.717, 1.165) is 30.2 Å². The van der Waals surface area contributed by atoms with Crippen molar-refractivity contribution in [3.63, 3.8) is 0 Å². The van der Waals surface area contributed by atoms with Crippen LogP contribution >= 0.6 is 0 Å². The van der Waals surface area contributed by atoms with Gasteiger partial charge in [-0.25, -0.2) is 8.78 Å². The van der Waals surface area contributed by atoms with Gasteiger partial charge in [0.25, 0.3) is 0 Å². The molecule has 0 radical (unpaired) electrons. The molecule has 1 aromatic heterocycles. The predicted octanol–water partition coefficient (Wildman–Crippen LogP) is 4.88. The van der Waals surface area contributed by atoms with Crippen molar-refractivity contribution in [1.82, 2.24) is 4.98 Å². The van der Waals surface area contributed by atoms with Gasteiger partial charge in [-0.1, -0.05) is 24.3 Å². The summed E-state index contributed by atoms with van der Waals surface area (Å²) in [6, 6.07) is 7.63. The number of pyridine rings is 1. The molecule has 1 aliphatic carbocycles. The van der Waals surface area contributed by atoms with Gasteiger partial charge in [0.2, 0.25) is 0 Å². The van der Waals surface area contributed by atoms with Crippen molar-refractivity contribution in [3.8, 4) is 0 Å². The van der Waals surface area contributed by atoms with Crippen LogP contribution in [0.25, 0.3) is 5.57 Å². The maximum Gasteiger partial charge on any atom is 0.126 e. The second kappa shape index (κ2) is 6.65. The Morgan fingerprint density at radius 3 is 2.55 bits per heavy atom. The van der Waals surface area contributed by atoms with Gasteiger partial charge in [0.15, 0.2) is 0 Å². The number of benzene rings is 1. The van der Waals surface area contributed by atoms with Gasteiger partial charge in [0.05, 0.1) is 0 Å². The van der Waals surface area contributed by atoms with Crippen LogP contribution in [-0.2, 0) is 12.8 Å². The highest BCUT2D eigenvalue weighted by Crippen LogP contribution is 2.24. The van der Waals surface area contributed by atoms with Gasteiger partial charge in [0.1, 0.15) is 11.6 Å². The third-order valence-electron chi connectivity index (χ3n) is 3.77. The molecule has 0 amide bonds. The molecule has 0 saturated heterocycles. The highest BCUT2D eigenvalue weighted by molar-refractivity contribution is 5.76. The smallest absolute Gasteiger partial charge is 0.126 e. The molecule has 0 atom stereocenters. The van der Waals surface area contributed by atoms with Crippen LogP contribution in [0.2, 0.25) is 0 Å². The lowest BCUT2D eigenvalue weighted by Gasteiger charge is -2.12. The first-order chi connectivity index (χ1) is 10.7. The number of hydrogen-bond donors (Lipinski definition) is 0. The summed E-state index contributed by atoms with van der Waals surface area (Å²) in [5.74, 6) is -1.07. The van der Waals surface area contributed by atoms with Gasteiger partial charge < -0.3 is 0 Å². The fourth-order valence-electron chi connectivity index (χ4n) is 2.73. The quantitative estimate of drug-likeness (QED) is 0.784. The highest BCUT2D eigenvalue weighted by Gasteiger charge is 2.09. The molecule has 1 aromatic carbocycles. The van der Waals surface area contributed by atoms with Crippen LogP contribution in [0.4, 0.5) is 8.78 Å². The van der Waals surface area contributed by atoms with Gasteiger partial charge >= 0.3 is 0 Å². The minimum atomic E-state index is -0.533. The zero-order chi connectivity index (χ0) is 15.4. The molecule has 1 nitrogen and oxygen atoms in total. The van der Waals surface area contributed by atoms with Crippen LogP contribution in [-0.4, -0.2) is 4.98 Å². The summed E-state index contributed by atoms with van der Waals surface area (Å²) in [5.41, 5.74) is 3.90.